The highest BCUT2D eigenvalue weighted by Gasteiger charge is 2.30. The first kappa shape index (κ1) is 49.7. The molecule has 0 bridgehead atoms. The molecule has 7 nitrogen and oxygen atoms in total. The van der Waals surface area contributed by atoms with Crippen LogP contribution in [0.3, 0.4) is 0 Å². The Kier molecular flexibility index (Phi) is 20.6. The molecule has 65 heavy (non-hydrogen) atoms. The fourth-order valence-electron chi connectivity index (χ4n) is 10.2. The predicted octanol–water partition coefficient (Wildman–Crippen LogP) is 15.5. The first-order valence-electron chi connectivity index (χ1n) is 25.6. The largest absolute Gasteiger partial charge is 0.457 e. The molecule has 0 N–H and O–H groups in total. The van der Waals surface area contributed by atoms with E-state index in [1.807, 2.05) is 36.9 Å². The number of hydrogen-bond acceptors (Lipinski definition) is 7. The summed E-state index contributed by atoms with van der Waals surface area (Å²) in [5, 5.41) is 19.6. The Bertz CT molecular complexity index is 1960. The Hall–Kier alpha value is -4.76. The van der Waals surface area contributed by atoms with E-state index >= 15 is 8.78 Å². The van der Waals surface area contributed by atoms with E-state index in [4.69, 9.17) is 24.7 Å². The summed E-state index contributed by atoms with van der Waals surface area (Å²) in [5.74, 6) is 2.07. The highest BCUT2D eigenvalue weighted by atomic mass is 19.1. The monoisotopic (exact) mass is 885 g/mol. The molecule has 0 atom stereocenters. The van der Waals surface area contributed by atoms with Gasteiger partial charge in [-0.3, -0.25) is 0 Å². The van der Waals surface area contributed by atoms with Crippen molar-refractivity contribution < 1.29 is 13.5 Å². The van der Waals surface area contributed by atoms with Gasteiger partial charge in [0, 0.05) is 47.8 Å². The van der Waals surface area contributed by atoms with E-state index in [0.29, 0.717) is 24.0 Å². The molecule has 2 aromatic heterocycles. The van der Waals surface area contributed by atoms with Crippen LogP contribution < -0.4 is 4.74 Å². The van der Waals surface area contributed by atoms with E-state index < -0.39 is 11.6 Å². The first-order chi connectivity index (χ1) is 31.9. The Morgan fingerprint density at radius 2 is 0.831 bits per heavy atom. The summed E-state index contributed by atoms with van der Waals surface area (Å²) in [5.41, 5.74) is 3.01. The van der Waals surface area contributed by atoms with Crippen molar-refractivity contribution in [3.63, 3.8) is 0 Å². The summed E-state index contributed by atoms with van der Waals surface area (Å²) in [6, 6.07) is 10.1. The lowest BCUT2D eigenvalue weighted by Gasteiger charge is -2.29. The highest BCUT2D eigenvalue weighted by Crippen LogP contribution is 2.42. The zero-order valence-corrected chi connectivity index (χ0v) is 39.6. The molecule has 2 aliphatic rings. The van der Waals surface area contributed by atoms with E-state index in [0.717, 1.165) is 75.9 Å². The minimum absolute atomic E-state index is 0.0355. The number of aryl methyl sites for hydroxylation is 2. The number of unbranched alkanes of at least 4 members (excludes halogenated alkanes) is 14. The van der Waals surface area contributed by atoms with Gasteiger partial charge in [0.25, 0.3) is 0 Å². The van der Waals surface area contributed by atoms with E-state index in [1.54, 1.807) is 12.1 Å². The highest BCUT2D eigenvalue weighted by molar-refractivity contribution is 5.50. The average molecular weight is 885 g/mol. The number of aromatic nitrogens is 4. The van der Waals surface area contributed by atoms with Crippen LogP contribution in [0.2, 0.25) is 0 Å². The van der Waals surface area contributed by atoms with Crippen molar-refractivity contribution in [2.24, 2.45) is 11.8 Å². The molecule has 0 radical (unpaired) electrons. The summed E-state index contributed by atoms with van der Waals surface area (Å²) < 4.78 is 38.7. The lowest BCUT2D eigenvalue weighted by atomic mass is 9.78. The molecule has 2 aromatic carbocycles. The maximum atomic E-state index is 16.1. The van der Waals surface area contributed by atoms with Crippen molar-refractivity contribution in [2.75, 3.05) is 0 Å². The van der Waals surface area contributed by atoms with Crippen molar-refractivity contribution in [1.29, 1.82) is 10.5 Å². The molecule has 348 valence electrons. The number of halogens is 2. The smallest absolute Gasteiger partial charge is 0.147 e. The van der Waals surface area contributed by atoms with Gasteiger partial charge in [0.15, 0.2) is 0 Å². The van der Waals surface area contributed by atoms with Crippen molar-refractivity contribution in [3.05, 3.63) is 106 Å². The van der Waals surface area contributed by atoms with Gasteiger partial charge in [0.1, 0.15) is 46.9 Å². The summed E-state index contributed by atoms with van der Waals surface area (Å²) in [6.07, 6.45) is 38.7. The number of nitrogens with zero attached hydrogens (tertiary/aromatic N) is 6. The zero-order chi connectivity index (χ0) is 45.6. The molecule has 9 heteroatoms. The number of ether oxygens (including phenoxy) is 1. The molecular formula is C56H74F2N6O. The standard InChI is InChI=1S/C56H74F2N6O/c1-3-5-7-9-11-13-15-17-19-43-37-61-55(62-38-43)45-25-21-41(22-26-45)33-49-51(31-29-47(35-59)53(49)57)65-52-32-30-48(36-60)54(58)50(52)34-42-23-27-46(28-24-42)56-63-39-44(40-64-56)20-18-16-14-12-10-8-6-4-2/h29-32,37-42,45-46H,3-28,33-34H2,1-2H3. The van der Waals surface area contributed by atoms with Crippen LogP contribution in [0.4, 0.5) is 8.78 Å². The van der Waals surface area contributed by atoms with Crippen LogP contribution >= 0.6 is 0 Å². The van der Waals surface area contributed by atoms with Crippen LogP contribution in [-0.2, 0) is 25.7 Å². The Morgan fingerprint density at radius 1 is 0.492 bits per heavy atom. The number of rotatable bonds is 26. The third-order valence-electron chi connectivity index (χ3n) is 14.4. The van der Waals surface area contributed by atoms with E-state index in [1.165, 1.54) is 126 Å². The first-order valence-corrected chi connectivity index (χ1v) is 25.6. The third kappa shape index (κ3) is 15.1. The Balaban J connectivity index is 1.02. The van der Waals surface area contributed by atoms with Gasteiger partial charge in [-0.2, -0.15) is 10.5 Å². The van der Waals surface area contributed by atoms with Gasteiger partial charge in [-0.1, -0.05) is 104 Å². The van der Waals surface area contributed by atoms with Gasteiger partial charge in [0.05, 0.1) is 11.1 Å². The Morgan fingerprint density at radius 3 is 1.17 bits per heavy atom. The summed E-state index contributed by atoms with van der Waals surface area (Å²) in [4.78, 5) is 19.1. The maximum Gasteiger partial charge on any atom is 0.147 e. The second-order valence-corrected chi connectivity index (χ2v) is 19.3. The SMILES string of the molecule is CCCCCCCCCCc1cnc(C2CCC(Cc3c(Oc4ccc(C#N)c(F)c4CC4CCC(c5ncc(CCCCCCCCCC)cn5)CC4)ccc(C#N)c3F)CC2)nc1. The van der Waals surface area contributed by atoms with Gasteiger partial charge in [-0.15, -0.1) is 0 Å². The van der Waals surface area contributed by atoms with Crippen LogP contribution in [0, 0.1) is 46.1 Å². The van der Waals surface area contributed by atoms with Gasteiger partial charge < -0.3 is 4.74 Å². The second-order valence-electron chi connectivity index (χ2n) is 19.3. The van der Waals surface area contributed by atoms with Crippen LogP contribution in [0.25, 0.3) is 0 Å². The van der Waals surface area contributed by atoms with Gasteiger partial charge >= 0.3 is 0 Å². The summed E-state index contributed by atoms with van der Waals surface area (Å²) >= 11 is 0. The van der Waals surface area contributed by atoms with E-state index in [2.05, 4.69) is 13.8 Å². The lowest BCUT2D eigenvalue weighted by molar-refractivity contribution is 0.308. The molecule has 0 spiro atoms. The molecular weight excluding hydrogens is 811 g/mol. The molecule has 0 amide bonds. The summed E-state index contributed by atoms with van der Waals surface area (Å²) in [6.45, 7) is 4.51. The number of nitriles is 2. The molecule has 4 aromatic rings. The van der Waals surface area contributed by atoms with Gasteiger partial charge in [-0.05, 0) is 137 Å². The minimum atomic E-state index is -0.583. The van der Waals surface area contributed by atoms with Gasteiger partial charge in [0.2, 0.25) is 0 Å². The van der Waals surface area contributed by atoms with Crippen LogP contribution in [0.1, 0.15) is 225 Å². The van der Waals surface area contributed by atoms with Crippen molar-refractivity contribution >= 4 is 0 Å². The lowest BCUT2D eigenvalue weighted by Crippen LogP contribution is -2.18. The van der Waals surface area contributed by atoms with Crippen molar-refractivity contribution in [3.8, 4) is 23.6 Å². The molecule has 2 saturated carbocycles. The van der Waals surface area contributed by atoms with E-state index in [-0.39, 0.29) is 46.3 Å². The molecule has 2 fully saturated rings. The number of benzene rings is 2. The molecule has 6 rings (SSSR count). The zero-order valence-electron chi connectivity index (χ0n) is 39.6. The Labute approximate surface area is 389 Å². The van der Waals surface area contributed by atoms with Crippen molar-refractivity contribution in [1.82, 2.24) is 19.9 Å². The summed E-state index contributed by atoms with van der Waals surface area (Å²) in [7, 11) is 0. The minimum Gasteiger partial charge on any atom is -0.457 e. The van der Waals surface area contributed by atoms with Crippen LogP contribution in [0.5, 0.6) is 11.5 Å². The second kappa shape index (κ2) is 27.0. The molecule has 0 saturated heterocycles. The van der Waals surface area contributed by atoms with Crippen LogP contribution in [0.15, 0.2) is 49.1 Å². The third-order valence-corrected chi connectivity index (χ3v) is 14.4. The van der Waals surface area contributed by atoms with Gasteiger partial charge in [-0.25, -0.2) is 28.7 Å². The fraction of sp³-hybridized carbons (Fsp3) is 0.607. The quantitative estimate of drug-likeness (QED) is 0.0578. The van der Waals surface area contributed by atoms with Crippen molar-refractivity contribution in [2.45, 2.75) is 205 Å². The van der Waals surface area contributed by atoms with Crippen LogP contribution in [-0.4, -0.2) is 19.9 Å². The fourth-order valence-corrected chi connectivity index (χ4v) is 10.2. The van der Waals surface area contributed by atoms with E-state index in [9.17, 15) is 10.5 Å². The molecule has 2 aliphatic carbocycles. The molecule has 0 aliphatic heterocycles. The average Bonchev–Trinajstić information content (AvgIpc) is 3.34. The number of hydrogen-bond donors (Lipinski definition) is 0. The maximum absolute atomic E-state index is 16.1. The normalized spacial score (nSPS) is 18.6. The molecule has 0 unspecified atom stereocenters. The topological polar surface area (TPSA) is 108 Å². The predicted molar refractivity (Wildman–Crippen MR) is 256 cm³/mol. The molecule has 2 heterocycles.